The van der Waals surface area contributed by atoms with Gasteiger partial charge >= 0.3 is 5.97 Å². The van der Waals surface area contributed by atoms with Crippen molar-refractivity contribution < 1.29 is 19.1 Å². The number of hydrogen-bond donors (Lipinski definition) is 3. The fourth-order valence-corrected chi connectivity index (χ4v) is 1.34. The van der Waals surface area contributed by atoms with E-state index >= 15 is 0 Å². The Kier molecular flexibility index (Phi) is 4.38. The van der Waals surface area contributed by atoms with Crippen LogP contribution in [-0.4, -0.2) is 23.0 Å². The van der Waals surface area contributed by atoms with E-state index in [0.717, 1.165) is 6.07 Å². The molecule has 0 aliphatic rings. The lowest BCUT2D eigenvalue weighted by Crippen LogP contribution is -2.40. The third-order valence-electron chi connectivity index (χ3n) is 2.51. The van der Waals surface area contributed by atoms with E-state index in [1.54, 1.807) is 13.8 Å². The monoisotopic (exact) mass is 254 g/mol. The minimum atomic E-state index is -1.32. The molecule has 0 radical (unpaired) electrons. The Morgan fingerprint density at radius 2 is 2.00 bits per heavy atom. The van der Waals surface area contributed by atoms with Crippen LogP contribution in [0.5, 0.6) is 0 Å². The van der Waals surface area contributed by atoms with Crippen molar-refractivity contribution in [3.8, 4) is 0 Å². The van der Waals surface area contributed by atoms with E-state index in [0.29, 0.717) is 0 Å². The second-order valence-corrected chi connectivity index (χ2v) is 4.23. The van der Waals surface area contributed by atoms with Gasteiger partial charge in [-0.05, 0) is 18.1 Å². The average molecular weight is 254 g/mol. The van der Waals surface area contributed by atoms with Crippen LogP contribution in [0.4, 0.5) is 10.1 Å². The van der Waals surface area contributed by atoms with Gasteiger partial charge in [-0.25, -0.2) is 9.18 Å². The van der Waals surface area contributed by atoms with Crippen LogP contribution in [-0.2, 0) is 4.79 Å². The molecule has 0 unspecified atom stereocenters. The number of aromatic carboxylic acids is 1. The van der Waals surface area contributed by atoms with Gasteiger partial charge in [-0.15, -0.1) is 0 Å². The summed E-state index contributed by atoms with van der Waals surface area (Å²) in [6.45, 7) is 3.48. The molecule has 0 spiro atoms. The minimum absolute atomic E-state index is 0.134. The molecule has 0 heterocycles. The summed E-state index contributed by atoms with van der Waals surface area (Å²) in [6.07, 6.45) is 0. The molecule has 0 aromatic heterocycles. The Hall–Kier alpha value is -1.95. The summed E-state index contributed by atoms with van der Waals surface area (Å²) < 4.78 is 13.5. The highest BCUT2D eigenvalue weighted by Gasteiger charge is 2.21. The third-order valence-corrected chi connectivity index (χ3v) is 2.51. The number of carbonyl (C=O) groups is 2. The van der Waals surface area contributed by atoms with Gasteiger partial charge in [0.2, 0.25) is 5.91 Å². The van der Waals surface area contributed by atoms with Gasteiger partial charge < -0.3 is 16.2 Å². The SMILES string of the molecule is CC(C)[C@H](N)C(=O)Nc1c(F)cccc1C(=O)O. The summed E-state index contributed by atoms with van der Waals surface area (Å²) in [4.78, 5) is 22.6. The summed E-state index contributed by atoms with van der Waals surface area (Å²) in [7, 11) is 0. The molecule has 1 rings (SSSR count). The summed E-state index contributed by atoms with van der Waals surface area (Å²) in [5.41, 5.74) is 4.94. The zero-order valence-corrected chi connectivity index (χ0v) is 10.1. The summed E-state index contributed by atoms with van der Waals surface area (Å²) in [5, 5.41) is 11.1. The molecule has 0 saturated carbocycles. The van der Waals surface area contributed by atoms with Gasteiger partial charge in [0.15, 0.2) is 0 Å². The first-order valence-corrected chi connectivity index (χ1v) is 5.42. The molecule has 0 fully saturated rings. The fraction of sp³-hybridized carbons (Fsp3) is 0.333. The topological polar surface area (TPSA) is 92.4 Å². The predicted octanol–water partition coefficient (Wildman–Crippen LogP) is 1.45. The maximum Gasteiger partial charge on any atom is 0.337 e. The number of para-hydroxylation sites is 1. The number of nitrogens with one attached hydrogen (secondary N) is 1. The Morgan fingerprint density at radius 1 is 1.39 bits per heavy atom. The number of carboxylic acids is 1. The number of hydrogen-bond acceptors (Lipinski definition) is 3. The molecule has 18 heavy (non-hydrogen) atoms. The molecule has 4 N–H and O–H groups in total. The second kappa shape index (κ2) is 5.59. The van der Waals surface area contributed by atoms with Crippen molar-refractivity contribution in [2.24, 2.45) is 11.7 Å². The van der Waals surface area contributed by atoms with Gasteiger partial charge in [0, 0.05) is 0 Å². The first kappa shape index (κ1) is 14.1. The van der Waals surface area contributed by atoms with Crippen molar-refractivity contribution in [2.45, 2.75) is 19.9 Å². The zero-order valence-electron chi connectivity index (χ0n) is 10.1. The number of halogens is 1. The van der Waals surface area contributed by atoms with E-state index in [1.165, 1.54) is 12.1 Å². The number of carbonyl (C=O) groups excluding carboxylic acids is 1. The number of amides is 1. The molecular weight excluding hydrogens is 239 g/mol. The summed E-state index contributed by atoms with van der Waals surface area (Å²) in [6, 6.07) is 2.72. The smallest absolute Gasteiger partial charge is 0.337 e. The second-order valence-electron chi connectivity index (χ2n) is 4.23. The molecular formula is C12H15FN2O3. The third kappa shape index (κ3) is 3.04. The van der Waals surface area contributed by atoms with Crippen molar-refractivity contribution in [1.82, 2.24) is 0 Å². The quantitative estimate of drug-likeness (QED) is 0.758. The van der Waals surface area contributed by atoms with Crippen LogP contribution in [0.15, 0.2) is 18.2 Å². The van der Waals surface area contributed by atoms with Gasteiger partial charge in [-0.3, -0.25) is 4.79 Å². The summed E-state index contributed by atoms with van der Waals surface area (Å²) in [5.74, 6) is -2.87. The molecule has 0 bridgehead atoms. The molecule has 1 aromatic carbocycles. The Balaban J connectivity index is 3.04. The molecule has 0 aliphatic carbocycles. The van der Waals surface area contributed by atoms with Crippen LogP contribution in [0.25, 0.3) is 0 Å². The van der Waals surface area contributed by atoms with Gasteiger partial charge in [-0.2, -0.15) is 0 Å². The highest BCUT2D eigenvalue weighted by atomic mass is 19.1. The van der Waals surface area contributed by atoms with Gasteiger partial charge in [0.25, 0.3) is 0 Å². The number of benzene rings is 1. The van der Waals surface area contributed by atoms with Crippen molar-refractivity contribution in [2.75, 3.05) is 5.32 Å². The fourth-order valence-electron chi connectivity index (χ4n) is 1.34. The van der Waals surface area contributed by atoms with E-state index in [4.69, 9.17) is 10.8 Å². The van der Waals surface area contributed by atoms with Crippen LogP contribution >= 0.6 is 0 Å². The van der Waals surface area contributed by atoms with E-state index < -0.39 is 23.7 Å². The lowest BCUT2D eigenvalue weighted by molar-refractivity contribution is -0.118. The number of anilines is 1. The standard InChI is InChI=1S/C12H15FN2O3/c1-6(2)9(14)11(16)15-10-7(12(17)18)4-3-5-8(10)13/h3-6,9H,14H2,1-2H3,(H,15,16)(H,17,18)/t9-/m0/s1. The van der Waals surface area contributed by atoms with Gasteiger partial charge in [0.1, 0.15) is 5.82 Å². The first-order chi connectivity index (χ1) is 8.34. The molecule has 6 heteroatoms. The van der Waals surface area contributed by atoms with Gasteiger partial charge in [-0.1, -0.05) is 19.9 Å². The highest BCUT2D eigenvalue weighted by Crippen LogP contribution is 2.20. The van der Waals surface area contributed by atoms with Crippen molar-refractivity contribution in [3.63, 3.8) is 0 Å². The Labute approximate surface area is 104 Å². The van der Waals surface area contributed by atoms with Crippen LogP contribution in [0.1, 0.15) is 24.2 Å². The molecule has 1 aromatic rings. The number of rotatable bonds is 4. The van der Waals surface area contributed by atoms with Crippen LogP contribution in [0.3, 0.4) is 0 Å². The molecule has 0 aliphatic heterocycles. The molecule has 1 atom stereocenters. The molecule has 98 valence electrons. The maximum absolute atomic E-state index is 13.5. The Bertz CT molecular complexity index is 474. The van der Waals surface area contributed by atoms with Crippen LogP contribution in [0, 0.1) is 11.7 Å². The zero-order chi connectivity index (χ0) is 13.9. The molecule has 5 nitrogen and oxygen atoms in total. The lowest BCUT2D eigenvalue weighted by Gasteiger charge is -2.16. The highest BCUT2D eigenvalue weighted by molar-refractivity contribution is 6.02. The van der Waals surface area contributed by atoms with Crippen molar-refractivity contribution in [3.05, 3.63) is 29.6 Å². The van der Waals surface area contributed by atoms with E-state index in [-0.39, 0.29) is 17.2 Å². The first-order valence-electron chi connectivity index (χ1n) is 5.42. The van der Waals surface area contributed by atoms with Crippen LogP contribution < -0.4 is 11.1 Å². The van der Waals surface area contributed by atoms with E-state index in [2.05, 4.69) is 5.32 Å². The molecule has 0 saturated heterocycles. The summed E-state index contributed by atoms with van der Waals surface area (Å²) >= 11 is 0. The predicted molar refractivity (Wildman–Crippen MR) is 64.8 cm³/mol. The number of nitrogens with two attached hydrogens (primary N) is 1. The van der Waals surface area contributed by atoms with Gasteiger partial charge in [0.05, 0.1) is 17.3 Å². The average Bonchev–Trinajstić information content (AvgIpc) is 2.30. The largest absolute Gasteiger partial charge is 0.478 e. The van der Waals surface area contributed by atoms with Crippen LogP contribution in [0.2, 0.25) is 0 Å². The van der Waals surface area contributed by atoms with E-state index in [9.17, 15) is 14.0 Å². The lowest BCUT2D eigenvalue weighted by atomic mass is 10.0. The van der Waals surface area contributed by atoms with Crippen molar-refractivity contribution in [1.29, 1.82) is 0 Å². The minimum Gasteiger partial charge on any atom is -0.478 e. The normalized spacial score (nSPS) is 12.3. The van der Waals surface area contributed by atoms with E-state index in [1.807, 2.05) is 0 Å². The maximum atomic E-state index is 13.5. The number of carboxylic acid groups (broad SMARTS) is 1. The van der Waals surface area contributed by atoms with Crippen molar-refractivity contribution >= 4 is 17.6 Å². The Morgan fingerprint density at radius 3 is 2.50 bits per heavy atom. The molecule has 1 amide bonds.